The molecule has 0 aliphatic heterocycles. The summed E-state index contributed by atoms with van der Waals surface area (Å²) in [5.74, 6) is 1.45. The number of amides is 1. The number of hydrogen-bond donors (Lipinski definition) is 1. The summed E-state index contributed by atoms with van der Waals surface area (Å²) in [5.41, 5.74) is 0.605. The number of carbonyl (C=O) groups excluding carboxylic acids is 2. The van der Waals surface area contributed by atoms with E-state index in [4.69, 9.17) is 14.2 Å². The lowest BCUT2D eigenvalue weighted by Crippen LogP contribution is -2.19. The molecule has 154 valence electrons. The van der Waals surface area contributed by atoms with Crippen LogP contribution in [0.25, 0.3) is 0 Å². The molecule has 0 unspecified atom stereocenters. The largest absolute Gasteiger partial charge is 0.482 e. The molecule has 3 aromatic rings. The first kappa shape index (κ1) is 20.9. The van der Waals surface area contributed by atoms with Gasteiger partial charge in [0.25, 0.3) is 0 Å². The molecule has 30 heavy (non-hydrogen) atoms. The molecule has 0 aliphatic carbocycles. The Balaban J connectivity index is 1.49. The molecule has 0 bridgehead atoms. The van der Waals surface area contributed by atoms with E-state index in [9.17, 15) is 9.59 Å². The lowest BCUT2D eigenvalue weighted by Gasteiger charge is -2.10. The fourth-order valence-corrected chi connectivity index (χ4v) is 2.45. The van der Waals surface area contributed by atoms with Gasteiger partial charge in [-0.15, -0.1) is 0 Å². The molecule has 0 saturated carbocycles. The van der Waals surface area contributed by atoms with Gasteiger partial charge in [-0.3, -0.25) is 4.79 Å². The summed E-state index contributed by atoms with van der Waals surface area (Å²) < 4.78 is 16.5. The van der Waals surface area contributed by atoms with Crippen LogP contribution >= 0.6 is 0 Å². The molecule has 0 heterocycles. The van der Waals surface area contributed by atoms with Crippen LogP contribution in [0.5, 0.6) is 23.0 Å². The van der Waals surface area contributed by atoms with Gasteiger partial charge in [-0.1, -0.05) is 38.1 Å². The minimum Gasteiger partial charge on any atom is -0.482 e. The fraction of sp³-hybridized carbons (Fsp3) is 0.167. The number of anilines is 1. The van der Waals surface area contributed by atoms with E-state index in [1.165, 1.54) is 0 Å². The molecule has 0 aliphatic rings. The number of nitrogens with one attached hydrogen (secondary N) is 1. The Kier molecular flexibility index (Phi) is 7.05. The van der Waals surface area contributed by atoms with Gasteiger partial charge in [-0.2, -0.15) is 0 Å². The molecule has 0 radical (unpaired) electrons. The van der Waals surface area contributed by atoms with Crippen molar-refractivity contribution in [3.8, 4) is 23.0 Å². The minimum atomic E-state index is -0.539. The second-order valence-electron chi connectivity index (χ2n) is 6.82. The highest BCUT2D eigenvalue weighted by atomic mass is 16.6. The van der Waals surface area contributed by atoms with Crippen molar-refractivity contribution in [3.63, 3.8) is 0 Å². The second kappa shape index (κ2) is 10.1. The fourth-order valence-electron chi connectivity index (χ4n) is 2.45. The zero-order valence-corrected chi connectivity index (χ0v) is 16.8. The molecule has 0 atom stereocenters. The van der Waals surface area contributed by atoms with E-state index in [0.717, 1.165) is 5.75 Å². The van der Waals surface area contributed by atoms with Crippen molar-refractivity contribution in [2.45, 2.75) is 13.8 Å². The SMILES string of the molecule is CC(C)C(=O)Nc1cccc(OCC(=O)Oc2ccc(Oc3ccccc3)cc2)c1. The maximum absolute atomic E-state index is 12.1. The lowest BCUT2D eigenvalue weighted by molar-refractivity contribution is -0.136. The highest BCUT2D eigenvalue weighted by Gasteiger charge is 2.09. The van der Waals surface area contributed by atoms with Crippen LogP contribution in [-0.4, -0.2) is 18.5 Å². The van der Waals surface area contributed by atoms with Gasteiger partial charge in [0.1, 0.15) is 23.0 Å². The summed E-state index contributed by atoms with van der Waals surface area (Å²) in [6.07, 6.45) is 0. The molecule has 1 amide bonds. The van der Waals surface area contributed by atoms with Crippen LogP contribution in [0.1, 0.15) is 13.8 Å². The van der Waals surface area contributed by atoms with E-state index >= 15 is 0 Å². The van der Waals surface area contributed by atoms with Crippen LogP contribution in [0.2, 0.25) is 0 Å². The maximum Gasteiger partial charge on any atom is 0.349 e. The van der Waals surface area contributed by atoms with E-state index < -0.39 is 5.97 Å². The second-order valence-corrected chi connectivity index (χ2v) is 6.82. The highest BCUT2D eigenvalue weighted by molar-refractivity contribution is 5.92. The molecule has 0 fully saturated rings. The van der Waals surface area contributed by atoms with Crippen LogP contribution < -0.4 is 19.5 Å². The number of para-hydroxylation sites is 1. The highest BCUT2D eigenvalue weighted by Crippen LogP contribution is 2.24. The Morgan fingerprint density at radius 3 is 2.13 bits per heavy atom. The van der Waals surface area contributed by atoms with Crippen molar-refractivity contribution in [3.05, 3.63) is 78.9 Å². The molecular weight excluding hydrogens is 382 g/mol. The Morgan fingerprint density at radius 2 is 1.43 bits per heavy atom. The van der Waals surface area contributed by atoms with Gasteiger partial charge in [0.2, 0.25) is 5.91 Å². The van der Waals surface area contributed by atoms with Crippen molar-refractivity contribution in [1.29, 1.82) is 0 Å². The molecule has 3 rings (SSSR count). The molecule has 0 aromatic heterocycles. The molecule has 0 saturated heterocycles. The molecule has 1 N–H and O–H groups in total. The number of rotatable bonds is 8. The number of hydrogen-bond acceptors (Lipinski definition) is 5. The number of ether oxygens (including phenoxy) is 3. The summed E-state index contributed by atoms with van der Waals surface area (Å²) in [6, 6.07) is 23.0. The van der Waals surface area contributed by atoms with Crippen LogP contribution in [-0.2, 0) is 9.59 Å². The van der Waals surface area contributed by atoms with Crippen LogP contribution in [0.4, 0.5) is 5.69 Å². The van der Waals surface area contributed by atoms with Crippen molar-refractivity contribution in [2.24, 2.45) is 5.92 Å². The first-order chi connectivity index (χ1) is 14.5. The van der Waals surface area contributed by atoms with Gasteiger partial charge < -0.3 is 19.5 Å². The predicted octanol–water partition coefficient (Wildman–Crippen LogP) is 5.06. The van der Waals surface area contributed by atoms with Crippen molar-refractivity contribution in [1.82, 2.24) is 0 Å². The molecule has 0 spiro atoms. The van der Waals surface area contributed by atoms with E-state index in [2.05, 4.69) is 5.32 Å². The third-order valence-electron chi connectivity index (χ3n) is 4.02. The number of carbonyl (C=O) groups is 2. The monoisotopic (exact) mass is 405 g/mol. The first-order valence-electron chi connectivity index (χ1n) is 9.57. The Morgan fingerprint density at radius 1 is 0.800 bits per heavy atom. The van der Waals surface area contributed by atoms with Gasteiger partial charge in [0, 0.05) is 17.7 Å². The Hall–Kier alpha value is -3.80. The molecular formula is C24H23NO5. The van der Waals surface area contributed by atoms with Crippen molar-refractivity contribution < 1.29 is 23.8 Å². The summed E-state index contributed by atoms with van der Waals surface area (Å²) in [4.78, 5) is 23.8. The van der Waals surface area contributed by atoms with Gasteiger partial charge in [0.15, 0.2) is 6.61 Å². The zero-order chi connectivity index (χ0) is 21.3. The summed E-state index contributed by atoms with van der Waals surface area (Å²) >= 11 is 0. The standard InChI is InChI=1S/C24H23NO5/c1-17(2)24(27)25-18-7-6-10-22(15-18)28-16-23(26)30-21-13-11-20(12-14-21)29-19-8-4-3-5-9-19/h3-15,17H,16H2,1-2H3,(H,25,27). The van der Waals surface area contributed by atoms with Crippen LogP contribution in [0, 0.1) is 5.92 Å². The average molecular weight is 405 g/mol. The molecule has 6 nitrogen and oxygen atoms in total. The zero-order valence-electron chi connectivity index (χ0n) is 16.8. The van der Waals surface area contributed by atoms with Crippen molar-refractivity contribution in [2.75, 3.05) is 11.9 Å². The van der Waals surface area contributed by atoms with E-state index in [1.54, 1.807) is 48.5 Å². The Bertz CT molecular complexity index is 984. The van der Waals surface area contributed by atoms with Crippen LogP contribution in [0.3, 0.4) is 0 Å². The maximum atomic E-state index is 12.1. The lowest BCUT2D eigenvalue weighted by atomic mass is 10.2. The normalized spacial score (nSPS) is 10.4. The third kappa shape index (κ3) is 6.38. The van der Waals surface area contributed by atoms with E-state index in [-0.39, 0.29) is 18.4 Å². The summed E-state index contributed by atoms with van der Waals surface area (Å²) in [6.45, 7) is 3.36. The van der Waals surface area contributed by atoms with E-state index in [1.807, 2.05) is 44.2 Å². The average Bonchev–Trinajstić information content (AvgIpc) is 2.75. The summed E-state index contributed by atoms with van der Waals surface area (Å²) in [7, 11) is 0. The predicted molar refractivity (Wildman–Crippen MR) is 114 cm³/mol. The van der Waals surface area contributed by atoms with Crippen molar-refractivity contribution >= 4 is 17.6 Å². The van der Waals surface area contributed by atoms with E-state index in [0.29, 0.717) is 22.9 Å². The Labute approximate surface area is 175 Å². The van der Waals surface area contributed by atoms with Gasteiger partial charge >= 0.3 is 5.97 Å². The van der Waals surface area contributed by atoms with Gasteiger partial charge in [0.05, 0.1) is 0 Å². The first-order valence-corrected chi connectivity index (χ1v) is 9.57. The quantitative estimate of drug-likeness (QED) is 0.419. The van der Waals surface area contributed by atoms with Gasteiger partial charge in [-0.05, 0) is 48.5 Å². The van der Waals surface area contributed by atoms with Gasteiger partial charge in [-0.25, -0.2) is 4.79 Å². The van der Waals surface area contributed by atoms with Crippen LogP contribution in [0.15, 0.2) is 78.9 Å². The number of benzene rings is 3. The smallest absolute Gasteiger partial charge is 0.349 e. The third-order valence-corrected chi connectivity index (χ3v) is 4.02. The summed E-state index contributed by atoms with van der Waals surface area (Å²) in [5, 5.41) is 2.78. The molecule has 3 aromatic carbocycles. The number of esters is 1. The minimum absolute atomic E-state index is 0.0914. The topological polar surface area (TPSA) is 73.9 Å². The molecule has 6 heteroatoms.